The van der Waals surface area contributed by atoms with Gasteiger partial charge in [0.15, 0.2) is 0 Å². The van der Waals surface area contributed by atoms with Gasteiger partial charge in [-0.3, -0.25) is 14.3 Å². The van der Waals surface area contributed by atoms with Crippen LogP contribution in [0.15, 0.2) is 40.6 Å². The van der Waals surface area contributed by atoms with Gasteiger partial charge in [-0.05, 0) is 30.4 Å². The van der Waals surface area contributed by atoms with Crippen molar-refractivity contribution in [3.63, 3.8) is 0 Å². The summed E-state index contributed by atoms with van der Waals surface area (Å²) in [4.78, 5) is 35.2. The lowest BCUT2D eigenvalue weighted by atomic mass is 9.96. The van der Waals surface area contributed by atoms with Gasteiger partial charge in [0.25, 0.3) is 11.5 Å². The monoisotopic (exact) mass is 369 g/mol. The Labute approximate surface area is 154 Å². The van der Waals surface area contributed by atoms with Gasteiger partial charge in [-0.2, -0.15) is 5.10 Å². The van der Waals surface area contributed by atoms with E-state index in [1.165, 1.54) is 6.07 Å². The molecule has 8 heteroatoms. The van der Waals surface area contributed by atoms with Crippen molar-refractivity contribution in [3.8, 4) is 10.6 Å². The van der Waals surface area contributed by atoms with E-state index in [4.69, 9.17) is 0 Å². The first-order chi connectivity index (χ1) is 12.6. The molecule has 3 aromatic rings. The highest BCUT2D eigenvalue weighted by molar-refractivity contribution is 7.13. The van der Waals surface area contributed by atoms with E-state index in [1.54, 1.807) is 35.3 Å². The Morgan fingerprint density at radius 3 is 3.00 bits per heavy atom. The number of rotatable bonds is 3. The molecule has 3 aromatic heterocycles. The normalized spacial score (nSPS) is 17.4. The average molecular weight is 369 g/mol. The summed E-state index contributed by atoms with van der Waals surface area (Å²) in [5.41, 5.74) is 1.10. The predicted molar refractivity (Wildman–Crippen MR) is 99.3 cm³/mol. The van der Waals surface area contributed by atoms with Crippen LogP contribution >= 0.6 is 11.3 Å². The lowest BCUT2D eigenvalue weighted by molar-refractivity contribution is 0.0693. The molecule has 1 fully saturated rings. The minimum absolute atomic E-state index is 0.0218. The Bertz CT molecular complexity index is 976. The molecule has 4 rings (SSSR count). The fraction of sp³-hybridized carbons (Fsp3) is 0.333. The lowest BCUT2D eigenvalue weighted by Crippen LogP contribution is -2.40. The summed E-state index contributed by atoms with van der Waals surface area (Å²) in [6.45, 7) is 1.25. The van der Waals surface area contributed by atoms with Crippen molar-refractivity contribution in [2.24, 2.45) is 7.05 Å². The molecule has 1 atom stereocenters. The number of aryl methyl sites for hydroxylation is 1. The van der Waals surface area contributed by atoms with Crippen LogP contribution < -0.4 is 5.56 Å². The Balaban J connectivity index is 1.59. The number of nitrogens with zero attached hydrogens (tertiary/aromatic N) is 4. The van der Waals surface area contributed by atoms with E-state index in [-0.39, 0.29) is 17.4 Å². The second kappa shape index (κ2) is 6.87. The summed E-state index contributed by atoms with van der Waals surface area (Å²) in [6, 6.07) is 7.15. The van der Waals surface area contributed by atoms with Crippen LogP contribution in [0.5, 0.6) is 0 Å². The standard InChI is InChI=1S/C18H19N5O2S/c1-22-14(6-7-19-22)18(25)23-8-2-4-12(11-23)17-20-13(10-16(24)21-17)15-5-3-9-26-15/h3,5-7,9-10,12H,2,4,8,11H2,1H3,(H,20,21,24). The number of carbonyl (C=O) groups excluding carboxylic acids is 1. The van der Waals surface area contributed by atoms with Gasteiger partial charge < -0.3 is 9.88 Å². The molecule has 1 aliphatic rings. The van der Waals surface area contributed by atoms with E-state index >= 15 is 0 Å². The van der Waals surface area contributed by atoms with Crippen LogP contribution in [-0.2, 0) is 7.05 Å². The number of aromatic amines is 1. The predicted octanol–water partition coefficient (Wildman–Crippen LogP) is 2.25. The second-order valence-electron chi connectivity index (χ2n) is 6.42. The minimum atomic E-state index is -0.159. The molecule has 1 saturated heterocycles. The maximum Gasteiger partial charge on any atom is 0.272 e. The van der Waals surface area contributed by atoms with E-state index in [9.17, 15) is 9.59 Å². The zero-order chi connectivity index (χ0) is 18.1. The summed E-state index contributed by atoms with van der Waals surface area (Å²) < 4.78 is 1.59. The number of amides is 1. The molecule has 134 valence electrons. The van der Waals surface area contributed by atoms with Gasteiger partial charge in [-0.25, -0.2) is 4.98 Å². The van der Waals surface area contributed by atoms with Gasteiger partial charge in [-0.15, -0.1) is 11.3 Å². The quantitative estimate of drug-likeness (QED) is 0.767. The summed E-state index contributed by atoms with van der Waals surface area (Å²) in [7, 11) is 1.76. The molecule has 1 N–H and O–H groups in total. The molecule has 0 saturated carbocycles. The molecule has 0 aromatic carbocycles. The number of piperidine rings is 1. The first-order valence-electron chi connectivity index (χ1n) is 8.54. The van der Waals surface area contributed by atoms with Crippen molar-refractivity contribution < 1.29 is 4.79 Å². The number of aromatic nitrogens is 4. The summed E-state index contributed by atoms with van der Waals surface area (Å²) in [5.74, 6) is 0.642. The van der Waals surface area contributed by atoms with Crippen LogP contribution in [0.4, 0.5) is 0 Å². The number of likely N-dealkylation sites (tertiary alicyclic amines) is 1. The topological polar surface area (TPSA) is 83.9 Å². The van der Waals surface area contributed by atoms with Gasteiger partial charge in [0.05, 0.1) is 10.6 Å². The van der Waals surface area contributed by atoms with Crippen molar-refractivity contribution in [2.75, 3.05) is 13.1 Å². The van der Waals surface area contributed by atoms with Crippen LogP contribution in [0, 0.1) is 0 Å². The molecule has 1 amide bonds. The molecule has 0 aliphatic carbocycles. The van der Waals surface area contributed by atoms with Crippen molar-refractivity contribution in [3.05, 3.63) is 57.7 Å². The third kappa shape index (κ3) is 3.20. The van der Waals surface area contributed by atoms with E-state index in [2.05, 4.69) is 15.1 Å². The molecule has 4 heterocycles. The SMILES string of the molecule is Cn1nccc1C(=O)N1CCCC(c2nc(-c3cccs3)cc(=O)[nH]2)C1. The van der Waals surface area contributed by atoms with E-state index in [0.717, 1.165) is 17.7 Å². The Kier molecular flexibility index (Phi) is 4.42. The number of nitrogens with one attached hydrogen (secondary N) is 1. The van der Waals surface area contributed by atoms with Crippen LogP contribution in [0.1, 0.15) is 35.1 Å². The fourth-order valence-corrected chi connectivity index (χ4v) is 4.04. The highest BCUT2D eigenvalue weighted by Gasteiger charge is 2.28. The zero-order valence-electron chi connectivity index (χ0n) is 14.4. The molecule has 0 bridgehead atoms. The van der Waals surface area contributed by atoms with Crippen molar-refractivity contribution >= 4 is 17.2 Å². The van der Waals surface area contributed by atoms with Gasteiger partial charge in [0.2, 0.25) is 0 Å². The van der Waals surface area contributed by atoms with E-state index < -0.39 is 0 Å². The number of H-pyrrole nitrogens is 1. The Morgan fingerprint density at radius 1 is 1.38 bits per heavy atom. The highest BCUT2D eigenvalue weighted by atomic mass is 32.1. The van der Waals surface area contributed by atoms with Crippen LogP contribution in [-0.4, -0.2) is 43.6 Å². The number of hydrogen-bond acceptors (Lipinski definition) is 5. The van der Waals surface area contributed by atoms with Crippen molar-refractivity contribution in [1.29, 1.82) is 0 Å². The summed E-state index contributed by atoms with van der Waals surface area (Å²) >= 11 is 1.56. The van der Waals surface area contributed by atoms with Gasteiger partial charge in [0, 0.05) is 38.3 Å². The van der Waals surface area contributed by atoms with Crippen molar-refractivity contribution in [1.82, 2.24) is 24.6 Å². The fourth-order valence-electron chi connectivity index (χ4n) is 3.35. The van der Waals surface area contributed by atoms with Crippen LogP contribution in [0.25, 0.3) is 10.6 Å². The maximum absolute atomic E-state index is 12.8. The number of hydrogen-bond donors (Lipinski definition) is 1. The summed E-state index contributed by atoms with van der Waals surface area (Å²) in [6.07, 6.45) is 3.39. The zero-order valence-corrected chi connectivity index (χ0v) is 15.2. The second-order valence-corrected chi connectivity index (χ2v) is 7.37. The summed E-state index contributed by atoms with van der Waals surface area (Å²) in [5, 5.41) is 6.04. The molecular formula is C18H19N5O2S. The van der Waals surface area contributed by atoms with Crippen LogP contribution in [0.2, 0.25) is 0 Å². The number of thiophene rings is 1. The molecule has 7 nitrogen and oxygen atoms in total. The third-order valence-electron chi connectivity index (χ3n) is 4.67. The molecule has 0 spiro atoms. The minimum Gasteiger partial charge on any atom is -0.337 e. The smallest absolute Gasteiger partial charge is 0.272 e. The maximum atomic E-state index is 12.8. The lowest BCUT2D eigenvalue weighted by Gasteiger charge is -2.32. The molecular weight excluding hydrogens is 350 g/mol. The number of carbonyl (C=O) groups is 1. The highest BCUT2D eigenvalue weighted by Crippen LogP contribution is 2.27. The largest absolute Gasteiger partial charge is 0.337 e. The van der Waals surface area contributed by atoms with Crippen LogP contribution in [0.3, 0.4) is 0 Å². The molecule has 0 radical (unpaired) electrons. The first-order valence-corrected chi connectivity index (χ1v) is 9.42. The molecule has 1 unspecified atom stereocenters. The molecule has 1 aliphatic heterocycles. The molecule has 26 heavy (non-hydrogen) atoms. The average Bonchev–Trinajstić information content (AvgIpc) is 3.32. The van der Waals surface area contributed by atoms with Gasteiger partial charge in [0.1, 0.15) is 11.5 Å². The van der Waals surface area contributed by atoms with Gasteiger partial charge >= 0.3 is 0 Å². The first kappa shape index (κ1) is 16.7. The van der Waals surface area contributed by atoms with Crippen molar-refractivity contribution in [2.45, 2.75) is 18.8 Å². The Hall–Kier alpha value is -2.74. The van der Waals surface area contributed by atoms with Gasteiger partial charge in [-0.1, -0.05) is 6.07 Å². The van der Waals surface area contributed by atoms with E-state index in [0.29, 0.717) is 30.3 Å². The van der Waals surface area contributed by atoms with E-state index in [1.807, 2.05) is 22.4 Å². The Morgan fingerprint density at radius 2 is 2.27 bits per heavy atom. The third-order valence-corrected chi connectivity index (χ3v) is 5.56.